The number of hydrogen-bond donors (Lipinski definition) is 0. The second kappa shape index (κ2) is 8.00. The van der Waals surface area contributed by atoms with Gasteiger partial charge in [0.25, 0.3) is 0 Å². The highest BCUT2D eigenvalue weighted by Crippen LogP contribution is 2.34. The normalized spacial score (nSPS) is 18.6. The van der Waals surface area contributed by atoms with Gasteiger partial charge in [-0.1, -0.05) is 43.0 Å². The van der Waals surface area contributed by atoms with Crippen molar-refractivity contribution in [3.05, 3.63) is 65.9 Å². The Morgan fingerprint density at radius 2 is 2.00 bits per heavy atom. The first kappa shape index (κ1) is 16.6. The molecule has 22 heavy (non-hydrogen) atoms. The molecule has 0 bridgehead atoms. The Labute approximate surface area is 135 Å². The van der Waals surface area contributed by atoms with E-state index in [0.29, 0.717) is 0 Å². The van der Waals surface area contributed by atoms with E-state index in [9.17, 15) is 0 Å². The Hall–Kier alpha value is -1.80. The fraction of sp³-hybridized carbons (Fsp3) is 0.400. The Kier molecular flexibility index (Phi) is 6.02. The molecule has 1 aromatic carbocycles. The Balaban J connectivity index is 2.36. The molecule has 0 spiro atoms. The molecule has 0 saturated heterocycles. The van der Waals surface area contributed by atoms with Crippen LogP contribution in [0.5, 0.6) is 0 Å². The lowest BCUT2D eigenvalue weighted by molar-refractivity contribution is 0.402. The highest BCUT2D eigenvalue weighted by Gasteiger charge is 2.21. The van der Waals surface area contributed by atoms with Gasteiger partial charge >= 0.3 is 0 Å². The lowest BCUT2D eigenvalue weighted by Gasteiger charge is -2.29. The van der Waals surface area contributed by atoms with Crippen LogP contribution in [0.1, 0.15) is 25.3 Å². The van der Waals surface area contributed by atoms with Crippen LogP contribution in [0.25, 0.3) is 0 Å². The summed E-state index contributed by atoms with van der Waals surface area (Å²) in [6.07, 6.45) is 9.64. The number of benzene rings is 1. The van der Waals surface area contributed by atoms with E-state index in [0.717, 1.165) is 32.4 Å². The predicted molar refractivity (Wildman–Crippen MR) is 97.3 cm³/mol. The molecule has 0 aliphatic carbocycles. The van der Waals surface area contributed by atoms with E-state index in [1.54, 1.807) is 0 Å². The van der Waals surface area contributed by atoms with Crippen LogP contribution in [-0.2, 0) is 6.42 Å². The summed E-state index contributed by atoms with van der Waals surface area (Å²) >= 11 is 0. The number of hydrogen-bond acceptors (Lipinski definition) is 2. The van der Waals surface area contributed by atoms with Crippen LogP contribution >= 0.6 is 0 Å². The molecule has 0 aromatic heterocycles. The maximum atomic E-state index is 3.88. The maximum Gasteiger partial charge on any atom is 0.0443 e. The Morgan fingerprint density at radius 3 is 2.68 bits per heavy atom. The van der Waals surface area contributed by atoms with Crippen LogP contribution in [0, 0.1) is 0 Å². The highest BCUT2D eigenvalue weighted by atomic mass is 15.2. The minimum atomic E-state index is 1.04. The zero-order chi connectivity index (χ0) is 15.9. The van der Waals surface area contributed by atoms with Gasteiger partial charge in [-0.25, -0.2) is 0 Å². The minimum Gasteiger partial charge on any atom is -0.341 e. The summed E-state index contributed by atoms with van der Waals surface area (Å²) in [7, 11) is 4.27. The fourth-order valence-corrected chi connectivity index (χ4v) is 3.12. The summed E-state index contributed by atoms with van der Waals surface area (Å²) in [4.78, 5) is 4.74. The van der Waals surface area contributed by atoms with E-state index in [1.165, 1.54) is 22.5 Å². The summed E-state index contributed by atoms with van der Waals surface area (Å²) in [6.45, 7) is 8.18. The third kappa shape index (κ3) is 3.89. The molecule has 0 fully saturated rings. The third-order valence-corrected chi connectivity index (χ3v) is 4.15. The smallest absolute Gasteiger partial charge is 0.0443 e. The summed E-state index contributed by atoms with van der Waals surface area (Å²) in [5.41, 5.74) is 5.53. The van der Waals surface area contributed by atoms with Gasteiger partial charge in [-0.3, -0.25) is 0 Å². The number of allylic oxidation sites excluding steroid dienone is 4. The molecule has 0 unspecified atom stereocenters. The van der Waals surface area contributed by atoms with E-state index >= 15 is 0 Å². The van der Waals surface area contributed by atoms with E-state index in [2.05, 4.69) is 73.8 Å². The van der Waals surface area contributed by atoms with E-state index in [4.69, 9.17) is 0 Å². The van der Waals surface area contributed by atoms with Gasteiger partial charge in [0.1, 0.15) is 0 Å². The molecule has 1 aromatic rings. The topological polar surface area (TPSA) is 6.48 Å². The molecule has 2 heteroatoms. The van der Waals surface area contributed by atoms with Gasteiger partial charge < -0.3 is 9.80 Å². The van der Waals surface area contributed by atoms with Crippen LogP contribution in [0.2, 0.25) is 0 Å². The van der Waals surface area contributed by atoms with Crippen molar-refractivity contribution in [3.8, 4) is 0 Å². The zero-order valence-corrected chi connectivity index (χ0v) is 14.2. The monoisotopic (exact) mass is 296 g/mol. The van der Waals surface area contributed by atoms with Gasteiger partial charge in [0, 0.05) is 17.9 Å². The van der Waals surface area contributed by atoms with Crippen LogP contribution in [-0.4, -0.2) is 32.1 Å². The number of para-hydroxylation sites is 1. The molecule has 2 nitrogen and oxygen atoms in total. The lowest BCUT2D eigenvalue weighted by atomic mass is 10.0. The summed E-state index contributed by atoms with van der Waals surface area (Å²) in [5, 5.41) is 0. The van der Waals surface area contributed by atoms with Crippen LogP contribution < -0.4 is 4.90 Å². The number of nitrogens with zero attached hydrogens (tertiary/aromatic N) is 2. The van der Waals surface area contributed by atoms with E-state index < -0.39 is 0 Å². The average molecular weight is 296 g/mol. The highest BCUT2D eigenvalue weighted by molar-refractivity contribution is 5.63. The van der Waals surface area contributed by atoms with Gasteiger partial charge in [-0.15, -0.1) is 0 Å². The van der Waals surface area contributed by atoms with Gasteiger partial charge in [0.2, 0.25) is 0 Å². The minimum absolute atomic E-state index is 1.04. The van der Waals surface area contributed by atoms with Crippen LogP contribution in [0.3, 0.4) is 0 Å². The lowest BCUT2D eigenvalue weighted by Crippen LogP contribution is -2.27. The number of rotatable bonds is 5. The SMILES string of the molecule is C=C/C=C1/CCc2ccccc2N(CCCN(C)C)/C1=C/C. The third-order valence-electron chi connectivity index (χ3n) is 4.15. The molecule has 0 atom stereocenters. The van der Waals surface area contributed by atoms with E-state index in [1.807, 2.05) is 6.08 Å². The van der Waals surface area contributed by atoms with E-state index in [-0.39, 0.29) is 0 Å². The second-order valence-electron chi connectivity index (χ2n) is 6.04. The molecule has 1 aliphatic heterocycles. The Bertz CT molecular complexity index is 567. The van der Waals surface area contributed by atoms with Crippen LogP contribution in [0.15, 0.2) is 60.3 Å². The average Bonchev–Trinajstić information content (AvgIpc) is 2.65. The number of fused-ring (bicyclic) bond motifs is 1. The van der Waals surface area contributed by atoms with Crippen molar-refractivity contribution in [2.45, 2.75) is 26.2 Å². The quantitative estimate of drug-likeness (QED) is 0.794. The van der Waals surface area contributed by atoms with Gasteiger partial charge in [-0.2, -0.15) is 0 Å². The maximum absolute atomic E-state index is 3.88. The molecule has 2 rings (SSSR count). The Morgan fingerprint density at radius 1 is 1.23 bits per heavy atom. The van der Waals surface area contributed by atoms with Crippen molar-refractivity contribution in [3.63, 3.8) is 0 Å². The molecule has 118 valence electrons. The first-order valence-electron chi connectivity index (χ1n) is 8.15. The molecule has 1 heterocycles. The molecular formula is C20H28N2. The molecular weight excluding hydrogens is 268 g/mol. The van der Waals surface area contributed by atoms with Crippen molar-refractivity contribution in [2.24, 2.45) is 0 Å². The van der Waals surface area contributed by atoms with Crippen molar-refractivity contribution >= 4 is 5.69 Å². The number of anilines is 1. The summed E-state index contributed by atoms with van der Waals surface area (Å²) < 4.78 is 0. The zero-order valence-electron chi connectivity index (χ0n) is 14.2. The molecule has 0 saturated carbocycles. The number of aryl methyl sites for hydroxylation is 1. The molecule has 0 radical (unpaired) electrons. The predicted octanol–water partition coefficient (Wildman–Crippen LogP) is 4.41. The second-order valence-corrected chi connectivity index (χ2v) is 6.04. The first-order chi connectivity index (χ1) is 10.7. The van der Waals surface area contributed by atoms with Crippen molar-refractivity contribution in [2.75, 3.05) is 32.1 Å². The fourth-order valence-electron chi connectivity index (χ4n) is 3.12. The largest absolute Gasteiger partial charge is 0.341 e. The van der Waals surface area contributed by atoms with Gasteiger partial charge in [-0.05, 0) is 64.0 Å². The molecule has 0 N–H and O–H groups in total. The summed E-state index contributed by atoms with van der Waals surface area (Å²) in [6, 6.07) is 8.81. The van der Waals surface area contributed by atoms with Crippen molar-refractivity contribution in [1.82, 2.24) is 4.90 Å². The first-order valence-corrected chi connectivity index (χ1v) is 8.15. The molecule has 0 amide bonds. The standard InChI is InChI=1S/C20H28N2/c1-5-10-17-13-14-18-11-7-8-12-20(18)22(19(17)6-2)16-9-15-21(3)4/h5-8,10-12H,1,9,13-16H2,2-4H3/b17-10-,19-6+. The van der Waals surface area contributed by atoms with Gasteiger partial charge in [0.15, 0.2) is 0 Å². The van der Waals surface area contributed by atoms with Crippen molar-refractivity contribution < 1.29 is 0 Å². The van der Waals surface area contributed by atoms with Gasteiger partial charge in [0.05, 0.1) is 0 Å². The molecule has 1 aliphatic rings. The summed E-state index contributed by atoms with van der Waals surface area (Å²) in [5.74, 6) is 0. The van der Waals surface area contributed by atoms with Crippen molar-refractivity contribution in [1.29, 1.82) is 0 Å². The van der Waals surface area contributed by atoms with Crippen LogP contribution in [0.4, 0.5) is 5.69 Å².